The number of ether oxygens (including phenoxy) is 1. The van der Waals surface area contributed by atoms with E-state index in [1.165, 1.54) is 12.8 Å². The SMILES string of the molecule is CC1CCN(c2ccnc(N3CCOCC3)n2)CC1. The third kappa shape index (κ3) is 2.97. The van der Waals surface area contributed by atoms with E-state index in [4.69, 9.17) is 9.72 Å². The van der Waals surface area contributed by atoms with Crippen molar-refractivity contribution in [3.8, 4) is 0 Å². The highest BCUT2D eigenvalue weighted by atomic mass is 16.5. The number of piperidine rings is 1. The number of morpholine rings is 1. The van der Waals surface area contributed by atoms with Crippen LogP contribution >= 0.6 is 0 Å². The van der Waals surface area contributed by atoms with Gasteiger partial charge in [-0.2, -0.15) is 4.98 Å². The van der Waals surface area contributed by atoms with Crippen LogP contribution in [0.3, 0.4) is 0 Å². The van der Waals surface area contributed by atoms with Gasteiger partial charge in [-0.05, 0) is 24.8 Å². The Hall–Kier alpha value is -1.36. The van der Waals surface area contributed by atoms with Crippen LogP contribution in [0.4, 0.5) is 11.8 Å². The van der Waals surface area contributed by atoms with Gasteiger partial charge in [0.25, 0.3) is 0 Å². The van der Waals surface area contributed by atoms with E-state index < -0.39 is 0 Å². The smallest absolute Gasteiger partial charge is 0.227 e. The van der Waals surface area contributed by atoms with E-state index in [0.29, 0.717) is 0 Å². The monoisotopic (exact) mass is 262 g/mol. The van der Waals surface area contributed by atoms with Crippen molar-refractivity contribution >= 4 is 11.8 Å². The van der Waals surface area contributed by atoms with Gasteiger partial charge in [-0.3, -0.25) is 0 Å². The molecule has 5 nitrogen and oxygen atoms in total. The number of aromatic nitrogens is 2. The Morgan fingerprint density at radius 1 is 1.11 bits per heavy atom. The lowest BCUT2D eigenvalue weighted by molar-refractivity contribution is 0.122. The highest BCUT2D eigenvalue weighted by molar-refractivity contribution is 5.44. The summed E-state index contributed by atoms with van der Waals surface area (Å²) in [5.74, 6) is 2.76. The van der Waals surface area contributed by atoms with Gasteiger partial charge >= 0.3 is 0 Å². The van der Waals surface area contributed by atoms with E-state index in [0.717, 1.165) is 57.1 Å². The van der Waals surface area contributed by atoms with Gasteiger partial charge < -0.3 is 14.5 Å². The Morgan fingerprint density at radius 3 is 2.58 bits per heavy atom. The molecule has 0 spiro atoms. The number of nitrogens with zero attached hydrogens (tertiary/aromatic N) is 4. The molecule has 5 heteroatoms. The van der Waals surface area contributed by atoms with Gasteiger partial charge in [0.15, 0.2) is 0 Å². The fourth-order valence-electron chi connectivity index (χ4n) is 2.67. The van der Waals surface area contributed by atoms with E-state index in [1.54, 1.807) is 0 Å². The van der Waals surface area contributed by atoms with E-state index >= 15 is 0 Å². The maximum Gasteiger partial charge on any atom is 0.227 e. The Balaban J connectivity index is 1.72. The lowest BCUT2D eigenvalue weighted by Crippen LogP contribution is -2.38. The summed E-state index contributed by atoms with van der Waals surface area (Å²) in [6.45, 7) is 7.88. The van der Waals surface area contributed by atoms with Gasteiger partial charge in [-0.15, -0.1) is 0 Å². The second-order valence-corrected chi connectivity index (χ2v) is 5.48. The summed E-state index contributed by atoms with van der Waals surface area (Å²) >= 11 is 0. The minimum Gasteiger partial charge on any atom is -0.378 e. The van der Waals surface area contributed by atoms with Crippen LogP contribution < -0.4 is 9.80 Å². The van der Waals surface area contributed by atoms with Crippen molar-refractivity contribution < 1.29 is 4.74 Å². The summed E-state index contributed by atoms with van der Waals surface area (Å²) in [5.41, 5.74) is 0. The van der Waals surface area contributed by atoms with Crippen molar-refractivity contribution in [2.45, 2.75) is 19.8 Å². The first-order valence-electron chi connectivity index (χ1n) is 7.23. The molecule has 0 N–H and O–H groups in total. The molecule has 0 amide bonds. The maximum atomic E-state index is 5.37. The molecule has 3 rings (SSSR count). The van der Waals surface area contributed by atoms with Crippen LogP contribution in [0.15, 0.2) is 12.3 Å². The van der Waals surface area contributed by atoms with Crippen LogP contribution in [0.1, 0.15) is 19.8 Å². The molecule has 0 bridgehead atoms. The van der Waals surface area contributed by atoms with Crippen LogP contribution in [0, 0.1) is 5.92 Å². The second kappa shape index (κ2) is 5.74. The molecule has 0 aliphatic carbocycles. The van der Waals surface area contributed by atoms with Crippen LogP contribution in [0.5, 0.6) is 0 Å². The van der Waals surface area contributed by atoms with Crippen LogP contribution in [0.25, 0.3) is 0 Å². The minimum atomic E-state index is 0.773. The summed E-state index contributed by atoms with van der Waals surface area (Å²) in [6, 6.07) is 2.03. The first kappa shape index (κ1) is 12.7. The Labute approximate surface area is 114 Å². The molecule has 2 saturated heterocycles. The number of anilines is 2. The molecule has 2 fully saturated rings. The third-order valence-electron chi connectivity index (χ3n) is 4.03. The summed E-state index contributed by atoms with van der Waals surface area (Å²) in [7, 11) is 0. The lowest BCUT2D eigenvalue weighted by atomic mass is 9.99. The summed E-state index contributed by atoms with van der Waals surface area (Å²) in [6.07, 6.45) is 4.40. The maximum absolute atomic E-state index is 5.37. The average molecular weight is 262 g/mol. The minimum absolute atomic E-state index is 0.773. The average Bonchev–Trinajstić information content (AvgIpc) is 2.49. The summed E-state index contributed by atoms with van der Waals surface area (Å²) < 4.78 is 5.37. The molecule has 0 aromatic carbocycles. The third-order valence-corrected chi connectivity index (χ3v) is 4.03. The normalized spacial score (nSPS) is 21.7. The first-order valence-corrected chi connectivity index (χ1v) is 7.23. The topological polar surface area (TPSA) is 41.5 Å². The molecule has 1 aromatic rings. The van der Waals surface area contributed by atoms with Gasteiger partial charge in [0.2, 0.25) is 5.95 Å². The lowest BCUT2D eigenvalue weighted by Gasteiger charge is -2.32. The summed E-state index contributed by atoms with van der Waals surface area (Å²) in [4.78, 5) is 13.7. The zero-order valence-electron chi connectivity index (χ0n) is 11.6. The van der Waals surface area contributed by atoms with Crippen LogP contribution in [-0.4, -0.2) is 49.4 Å². The largest absolute Gasteiger partial charge is 0.378 e. The molecule has 0 unspecified atom stereocenters. The van der Waals surface area contributed by atoms with Crippen molar-refractivity contribution in [3.63, 3.8) is 0 Å². The molecule has 104 valence electrons. The number of hydrogen-bond donors (Lipinski definition) is 0. The van der Waals surface area contributed by atoms with Gasteiger partial charge in [-0.1, -0.05) is 6.92 Å². The van der Waals surface area contributed by atoms with Gasteiger partial charge in [0.05, 0.1) is 13.2 Å². The molecule has 19 heavy (non-hydrogen) atoms. The molecule has 2 aliphatic rings. The fourth-order valence-corrected chi connectivity index (χ4v) is 2.67. The fraction of sp³-hybridized carbons (Fsp3) is 0.714. The molecule has 0 radical (unpaired) electrons. The van der Waals surface area contributed by atoms with Gasteiger partial charge in [-0.25, -0.2) is 4.98 Å². The standard InChI is InChI=1S/C14H22N4O/c1-12-3-6-17(7-4-12)13-2-5-15-14(16-13)18-8-10-19-11-9-18/h2,5,12H,3-4,6-11H2,1H3. The van der Waals surface area contributed by atoms with Crippen molar-refractivity contribution in [2.75, 3.05) is 49.2 Å². The Morgan fingerprint density at radius 2 is 1.84 bits per heavy atom. The van der Waals surface area contributed by atoms with Gasteiger partial charge in [0.1, 0.15) is 5.82 Å². The molecule has 2 aliphatic heterocycles. The van der Waals surface area contributed by atoms with E-state index in [1.807, 2.05) is 12.3 Å². The van der Waals surface area contributed by atoms with Crippen molar-refractivity contribution in [1.29, 1.82) is 0 Å². The quantitative estimate of drug-likeness (QED) is 0.809. The molecular formula is C14H22N4O. The zero-order chi connectivity index (χ0) is 13.1. The molecule has 1 aromatic heterocycles. The number of hydrogen-bond acceptors (Lipinski definition) is 5. The van der Waals surface area contributed by atoms with Crippen molar-refractivity contribution in [1.82, 2.24) is 9.97 Å². The highest BCUT2D eigenvalue weighted by Crippen LogP contribution is 2.22. The van der Waals surface area contributed by atoms with Crippen molar-refractivity contribution in [2.24, 2.45) is 5.92 Å². The Bertz CT molecular complexity index is 412. The second-order valence-electron chi connectivity index (χ2n) is 5.48. The molecule has 0 atom stereocenters. The van der Waals surface area contributed by atoms with Gasteiger partial charge in [0, 0.05) is 32.4 Å². The molecule has 3 heterocycles. The zero-order valence-corrected chi connectivity index (χ0v) is 11.6. The predicted octanol–water partition coefficient (Wildman–Crippen LogP) is 1.55. The Kier molecular flexibility index (Phi) is 3.82. The highest BCUT2D eigenvalue weighted by Gasteiger charge is 2.19. The number of rotatable bonds is 2. The van der Waals surface area contributed by atoms with Crippen LogP contribution in [0.2, 0.25) is 0 Å². The molecular weight excluding hydrogens is 240 g/mol. The summed E-state index contributed by atoms with van der Waals surface area (Å²) in [5, 5.41) is 0. The molecule has 0 saturated carbocycles. The predicted molar refractivity (Wildman–Crippen MR) is 75.7 cm³/mol. The van der Waals surface area contributed by atoms with Crippen LogP contribution in [-0.2, 0) is 4.74 Å². The van der Waals surface area contributed by atoms with Crippen molar-refractivity contribution in [3.05, 3.63) is 12.3 Å². The van der Waals surface area contributed by atoms with E-state index in [9.17, 15) is 0 Å². The van der Waals surface area contributed by atoms with E-state index in [-0.39, 0.29) is 0 Å². The first-order chi connectivity index (χ1) is 9.33. The van der Waals surface area contributed by atoms with E-state index in [2.05, 4.69) is 21.7 Å².